The smallest absolute Gasteiger partial charge is 0.293 e. The fourth-order valence-corrected chi connectivity index (χ4v) is 2.81. The Bertz CT molecular complexity index is 656. The van der Waals surface area contributed by atoms with Crippen molar-refractivity contribution in [2.24, 2.45) is 5.73 Å². The second kappa shape index (κ2) is 5.84. The highest BCUT2D eigenvalue weighted by atomic mass is 32.2. The Balaban J connectivity index is 3.14. The Morgan fingerprint density at radius 2 is 2.05 bits per heavy atom. The maximum Gasteiger partial charge on any atom is 0.293 e. The third kappa shape index (κ3) is 3.65. The maximum atomic E-state index is 12.0. The second-order valence-corrected chi connectivity index (χ2v) is 5.78. The molecule has 0 saturated heterocycles. The van der Waals surface area contributed by atoms with Crippen LogP contribution >= 0.6 is 0 Å². The first-order valence-electron chi connectivity index (χ1n) is 5.47. The third-order valence-corrected chi connectivity index (χ3v) is 4.08. The number of hydrogen-bond acceptors (Lipinski definition) is 6. The van der Waals surface area contributed by atoms with E-state index in [-0.39, 0.29) is 29.1 Å². The molecule has 1 rings (SSSR count). The lowest BCUT2D eigenvalue weighted by Gasteiger charge is -2.09. The summed E-state index contributed by atoms with van der Waals surface area (Å²) in [6, 6.07) is 2.10. The largest absolute Gasteiger partial charge is 0.393 e. The predicted molar refractivity (Wildman–Crippen MR) is 71.2 cm³/mol. The molecule has 110 valence electrons. The van der Waals surface area contributed by atoms with Crippen LogP contribution < -0.4 is 16.2 Å². The summed E-state index contributed by atoms with van der Waals surface area (Å²) in [5.74, 6) is -0.660. The van der Waals surface area contributed by atoms with Crippen LogP contribution in [0.4, 0.5) is 11.4 Å². The molecule has 9 nitrogen and oxygen atoms in total. The van der Waals surface area contributed by atoms with Crippen molar-refractivity contribution in [1.29, 1.82) is 0 Å². The molecule has 5 N–H and O–H groups in total. The van der Waals surface area contributed by atoms with Gasteiger partial charge in [0.1, 0.15) is 5.69 Å². The average Bonchev–Trinajstić information content (AvgIpc) is 2.26. The summed E-state index contributed by atoms with van der Waals surface area (Å²) < 4.78 is 26.1. The summed E-state index contributed by atoms with van der Waals surface area (Å²) in [6.45, 7) is 1.28. The van der Waals surface area contributed by atoms with Crippen molar-refractivity contribution in [3.8, 4) is 0 Å². The van der Waals surface area contributed by atoms with E-state index in [2.05, 4.69) is 4.72 Å². The van der Waals surface area contributed by atoms with Crippen LogP contribution in [0, 0.1) is 17.0 Å². The molecule has 0 fully saturated rings. The lowest BCUT2D eigenvalue weighted by Crippen LogP contribution is -2.28. The van der Waals surface area contributed by atoms with Crippen molar-refractivity contribution in [2.45, 2.75) is 18.2 Å². The van der Waals surface area contributed by atoms with Crippen molar-refractivity contribution in [3.63, 3.8) is 0 Å². The number of primary amides is 1. The van der Waals surface area contributed by atoms with E-state index in [1.165, 1.54) is 13.0 Å². The Morgan fingerprint density at radius 3 is 2.55 bits per heavy atom. The van der Waals surface area contributed by atoms with Gasteiger partial charge in [-0.05, 0) is 18.6 Å². The molecule has 0 aromatic heterocycles. The molecule has 0 aliphatic rings. The maximum absolute atomic E-state index is 12.0. The fourth-order valence-electron chi connectivity index (χ4n) is 1.53. The van der Waals surface area contributed by atoms with Crippen molar-refractivity contribution in [3.05, 3.63) is 27.8 Å². The minimum absolute atomic E-state index is 0.122. The highest BCUT2D eigenvalue weighted by Gasteiger charge is 2.22. The SMILES string of the molecule is Cc1cc(N)c([N+](=O)[O-])cc1S(=O)(=O)NCCC(N)=O. The zero-order valence-corrected chi connectivity index (χ0v) is 11.4. The van der Waals surface area contributed by atoms with Gasteiger partial charge in [-0.3, -0.25) is 14.9 Å². The molecule has 1 amide bonds. The van der Waals surface area contributed by atoms with Crippen LogP contribution in [0.15, 0.2) is 17.0 Å². The van der Waals surface area contributed by atoms with Gasteiger partial charge in [0.2, 0.25) is 15.9 Å². The summed E-state index contributed by atoms with van der Waals surface area (Å²) in [6.07, 6.45) is -0.171. The van der Waals surface area contributed by atoms with Gasteiger partial charge in [-0.2, -0.15) is 0 Å². The molecule has 0 atom stereocenters. The number of hydrogen-bond donors (Lipinski definition) is 3. The molecule has 20 heavy (non-hydrogen) atoms. The number of sulfonamides is 1. The Kier molecular flexibility index (Phi) is 4.63. The molecule has 0 aliphatic carbocycles. The van der Waals surface area contributed by atoms with E-state index < -0.39 is 26.5 Å². The van der Waals surface area contributed by atoms with E-state index in [0.29, 0.717) is 0 Å². The molecule has 0 saturated carbocycles. The number of benzene rings is 1. The normalized spacial score (nSPS) is 11.2. The molecule has 1 aromatic rings. The number of nitro groups is 1. The third-order valence-electron chi connectivity index (χ3n) is 2.47. The van der Waals surface area contributed by atoms with Crippen molar-refractivity contribution >= 4 is 27.3 Å². The minimum Gasteiger partial charge on any atom is -0.393 e. The molecular formula is C10H14N4O5S. The number of nitrogen functional groups attached to an aromatic ring is 1. The molecular weight excluding hydrogens is 288 g/mol. The first-order valence-corrected chi connectivity index (χ1v) is 6.96. The molecule has 1 aromatic carbocycles. The van der Waals surface area contributed by atoms with Crippen LogP contribution in [0.25, 0.3) is 0 Å². The lowest BCUT2D eigenvalue weighted by atomic mass is 10.2. The van der Waals surface area contributed by atoms with E-state index in [1.54, 1.807) is 0 Å². The molecule has 0 unspecified atom stereocenters. The number of amides is 1. The summed E-state index contributed by atoms with van der Waals surface area (Å²) in [4.78, 5) is 20.3. The summed E-state index contributed by atoms with van der Waals surface area (Å²) in [5.41, 5.74) is 10.00. The lowest BCUT2D eigenvalue weighted by molar-refractivity contribution is -0.384. The van der Waals surface area contributed by atoms with Gasteiger partial charge in [-0.15, -0.1) is 0 Å². The van der Waals surface area contributed by atoms with Gasteiger partial charge in [-0.1, -0.05) is 0 Å². The Hall–Kier alpha value is -2.20. The van der Waals surface area contributed by atoms with Gasteiger partial charge in [-0.25, -0.2) is 13.1 Å². The number of nitrogens with two attached hydrogens (primary N) is 2. The number of carbonyl (C=O) groups is 1. The average molecular weight is 302 g/mol. The van der Waals surface area contributed by atoms with E-state index in [1.807, 2.05) is 0 Å². The van der Waals surface area contributed by atoms with E-state index in [4.69, 9.17) is 11.5 Å². The number of carbonyl (C=O) groups excluding carboxylic acids is 1. The van der Waals surface area contributed by atoms with Gasteiger partial charge >= 0.3 is 0 Å². The zero-order chi connectivity index (χ0) is 15.5. The van der Waals surface area contributed by atoms with Crippen LogP contribution in [0.3, 0.4) is 0 Å². The van der Waals surface area contributed by atoms with Gasteiger partial charge in [0.05, 0.1) is 9.82 Å². The summed E-state index contributed by atoms with van der Waals surface area (Å²) >= 11 is 0. The van der Waals surface area contributed by atoms with Crippen LogP contribution in [0.5, 0.6) is 0 Å². The number of nitrogens with one attached hydrogen (secondary N) is 1. The van der Waals surface area contributed by atoms with Crippen molar-refractivity contribution in [2.75, 3.05) is 12.3 Å². The standard InChI is InChI=1S/C10H14N4O5S/c1-6-4-7(11)8(14(16)17)5-9(6)20(18,19)13-3-2-10(12)15/h4-5,13H,2-3,11H2,1H3,(H2,12,15). The first kappa shape index (κ1) is 15.9. The van der Waals surface area contributed by atoms with Gasteiger partial charge in [0, 0.05) is 19.0 Å². The molecule has 0 bridgehead atoms. The minimum atomic E-state index is -3.98. The van der Waals surface area contributed by atoms with Crippen LogP contribution in [0.2, 0.25) is 0 Å². The quantitative estimate of drug-likeness (QED) is 0.369. The predicted octanol–water partition coefficient (Wildman–Crippen LogP) is -0.361. The van der Waals surface area contributed by atoms with Crippen LogP contribution in [-0.2, 0) is 14.8 Å². The molecule has 0 aliphatic heterocycles. The van der Waals surface area contributed by atoms with E-state index in [0.717, 1.165) is 6.07 Å². The van der Waals surface area contributed by atoms with Crippen molar-refractivity contribution in [1.82, 2.24) is 4.72 Å². The van der Waals surface area contributed by atoms with Crippen LogP contribution in [-0.4, -0.2) is 25.8 Å². The van der Waals surface area contributed by atoms with Crippen molar-refractivity contribution < 1.29 is 18.1 Å². The number of rotatable bonds is 6. The summed E-state index contributed by atoms with van der Waals surface area (Å²) in [7, 11) is -3.98. The molecule has 0 spiro atoms. The molecule has 0 heterocycles. The first-order chi connectivity index (χ1) is 9.15. The van der Waals surface area contributed by atoms with E-state index in [9.17, 15) is 23.3 Å². The molecule has 10 heteroatoms. The topological polar surface area (TPSA) is 158 Å². The molecule has 0 radical (unpaired) electrons. The van der Waals surface area contributed by atoms with Gasteiger partial charge in [0.25, 0.3) is 5.69 Å². The monoisotopic (exact) mass is 302 g/mol. The fraction of sp³-hybridized carbons (Fsp3) is 0.300. The number of anilines is 1. The summed E-state index contributed by atoms with van der Waals surface area (Å²) in [5, 5.41) is 10.8. The van der Waals surface area contributed by atoms with Gasteiger partial charge < -0.3 is 11.5 Å². The Labute approximate surface area is 115 Å². The number of nitro benzene ring substituents is 1. The Morgan fingerprint density at radius 1 is 1.45 bits per heavy atom. The number of nitrogens with zero attached hydrogens (tertiary/aromatic N) is 1. The van der Waals surface area contributed by atoms with E-state index >= 15 is 0 Å². The number of aryl methyl sites for hydroxylation is 1. The van der Waals surface area contributed by atoms with Gasteiger partial charge in [0.15, 0.2) is 0 Å². The van der Waals surface area contributed by atoms with Crippen LogP contribution in [0.1, 0.15) is 12.0 Å². The zero-order valence-electron chi connectivity index (χ0n) is 10.6. The highest BCUT2D eigenvalue weighted by molar-refractivity contribution is 7.89. The highest BCUT2D eigenvalue weighted by Crippen LogP contribution is 2.28. The second-order valence-electron chi connectivity index (χ2n) is 4.05.